The number of oxazole rings is 1. The monoisotopic (exact) mass is 338 g/mol. The first-order chi connectivity index (χ1) is 12.1. The zero-order valence-corrected chi connectivity index (χ0v) is 14.5. The molecule has 0 spiro atoms. The van der Waals surface area contributed by atoms with Gasteiger partial charge in [-0.2, -0.15) is 0 Å². The van der Waals surface area contributed by atoms with Crippen LogP contribution >= 0.6 is 0 Å². The fraction of sp³-hybridized carbons (Fsp3) is 0.300. The molecule has 1 heterocycles. The van der Waals surface area contributed by atoms with Crippen molar-refractivity contribution in [3.8, 4) is 5.75 Å². The molecule has 3 aromatic rings. The van der Waals surface area contributed by atoms with Gasteiger partial charge in [-0.25, -0.2) is 4.98 Å². The number of hydrogen-bond donors (Lipinski definition) is 1. The first kappa shape index (κ1) is 17.0. The molecule has 0 aliphatic heterocycles. The van der Waals surface area contributed by atoms with Gasteiger partial charge in [-0.05, 0) is 43.2 Å². The van der Waals surface area contributed by atoms with E-state index in [-0.39, 0.29) is 5.91 Å². The van der Waals surface area contributed by atoms with E-state index in [0.29, 0.717) is 31.9 Å². The predicted molar refractivity (Wildman–Crippen MR) is 96.8 cm³/mol. The van der Waals surface area contributed by atoms with Crippen LogP contribution in [0.2, 0.25) is 0 Å². The number of carbonyl (C=O) groups is 1. The Hall–Kier alpha value is -2.82. The van der Waals surface area contributed by atoms with Crippen LogP contribution in [0, 0.1) is 13.8 Å². The maximum atomic E-state index is 11.9. The van der Waals surface area contributed by atoms with Gasteiger partial charge in [0.25, 0.3) is 0 Å². The van der Waals surface area contributed by atoms with Crippen molar-refractivity contribution >= 4 is 17.0 Å². The molecule has 25 heavy (non-hydrogen) atoms. The highest BCUT2D eigenvalue weighted by Crippen LogP contribution is 2.18. The number of fused-ring (bicyclic) bond motifs is 1. The summed E-state index contributed by atoms with van der Waals surface area (Å²) in [5, 5.41) is 2.85. The Morgan fingerprint density at radius 2 is 2.04 bits per heavy atom. The van der Waals surface area contributed by atoms with Gasteiger partial charge in [-0.3, -0.25) is 4.79 Å². The summed E-state index contributed by atoms with van der Waals surface area (Å²) in [5.74, 6) is 1.40. The summed E-state index contributed by atoms with van der Waals surface area (Å²) < 4.78 is 11.3. The number of nitrogens with zero attached hydrogens (tertiary/aromatic N) is 1. The van der Waals surface area contributed by atoms with Crippen LogP contribution in [0.1, 0.15) is 23.4 Å². The molecule has 5 heteroatoms. The van der Waals surface area contributed by atoms with E-state index in [2.05, 4.69) is 10.3 Å². The van der Waals surface area contributed by atoms with Crippen molar-refractivity contribution < 1.29 is 13.9 Å². The number of para-hydroxylation sites is 1. The molecule has 2 aromatic carbocycles. The van der Waals surface area contributed by atoms with E-state index in [1.807, 2.05) is 56.3 Å². The second kappa shape index (κ2) is 7.83. The van der Waals surface area contributed by atoms with Gasteiger partial charge >= 0.3 is 0 Å². The summed E-state index contributed by atoms with van der Waals surface area (Å²) in [6.07, 6.45) is 0.828. The zero-order chi connectivity index (χ0) is 17.6. The Kier molecular flexibility index (Phi) is 5.33. The van der Waals surface area contributed by atoms with E-state index >= 15 is 0 Å². The third-order valence-corrected chi connectivity index (χ3v) is 3.93. The zero-order valence-electron chi connectivity index (χ0n) is 14.5. The molecule has 5 nitrogen and oxygen atoms in total. The smallest absolute Gasteiger partial charge is 0.220 e. The molecule has 0 atom stereocenters. The highest BCUT2D eigenvalue weighted by molar-refractivity contribution is 5.76. The van der Waals surface area contributed by atoms with Crippen LogP contribution in [0.4, 0.5) is 0 Å². The topological polar surface area (TPSA) is 64.4 Å². The van der Waals surface area contributed by atoms with E-state index in [4.69, 9.17) is 9.15 Å². The van der Waals surface area contributed by atoms with Crippen molar-refractivity contribution in [2.45, 2.75) is 26.7 Å². The van der Waals surface area contributed by atoms with Crippen LogP contribution in [-0.2, 0) is 11.2 Å². The lowest BCUT2D eigenvalue weighted by Gasteiger charge is -2.09. The van der Waals surface area contributed by atoms with Crippen LogP contribution < -0.4 is 10.1 Å². The van der Waals surface area contributed by atoms with Crippen molar-refractivity contribution in [2.24, 2.45) is 0 Å². The van der Waals surface area contributed by atoms with Gasteiger partial charge in [0, 0.05) is 12.8 Å². The van der Waals surface area contributed by atoms with Crippen LogP contribution in [0.25, 0.3) is 11.1 Å². The van der Waals surface area contributed by atoms with E-state index in [9.17, 15) is 4.79 Å². The molecule has 0 saturated heterocycles. The Bertz CT molecular complexity index is 870. The molecule has 1 aromatic heterocycles. The molecule has 0 bridgehead atoms. The normalized spacial score (nSPS) is 10.8. The van der Waals surface area contributed by atoms with Gasteiger partial charge < -0.3 is 14.5 Å². The van der Waals surface area contributed by atoms with Gasteiger partial charge in [-0.15, -0.1) is 0 Å². The molecule has 3 rings (SSSR count). The number of aryl methyl sites for hydroxylation is 3. The van der Waals surface area contributed by atoms with Crippen molar-refractivity contribution in [3.05, 3.63) is 59.5 Å². The standard InChI is InChI=1S/C20H22N2O3/c1-14-7-8-18-16(13-14)22-20(25-18)10-9-19(23)21-11-12-24-17-6-4-3-5-15(17)2/h3-8,13H,9-12H2,1-2H3,(H,21,23). The van der Waals surface area contributed by atoms with Crippen LogP contribution in [0.3, 0.4) is 0 Å². The van der Waals surface area contributed by atoms with E-state index in [0.717, 1.165) is 28.0 Å². The van der Waals surface area contributed by atoms with Crippen LogP contribution in [0.5, 0.6) is 5.75 Å². The lowest BCUT2D eigenvalue weighted by Crippen LogP contribution is -2.28. The molecule has 0 fully saturated rings. The van der Waals surface area contributed by atoms with Crippen molar-refractivity contribution in [3.63, 3.8) is 0 Å². The van der Waals surface area contributed by atoms with Gasteiger partial charge in [0.1, 0.15) is 17.9 Å². The third-order valence-electron chi connectivity index (χ3n) is 3.93. The molecule has 0 radical (unpaired) electrons. The van der Waals surface area contributed by atoms with Gasteiger partial charge in [0.05, 0.1) is 6.54 Å². The molecule has 0 aliphatic rings. The fourth-order valence-electron chi connectivity index (χ4n) is 2.57. The quantitative estimate of drug-likeness (QED) is 0.669. The number of rotatable bonds is 7. The second-order valence-electron chi connectivity index (χ2n) is 6.04. The number of amides is 1. The van der Waals surface area contributed by atoms with Crippen LogP contribution in [0.15, 0.2) is 46.9 Å². The summed E-state index contributed by atoms with van der Waals surface area (Å²) in [6, 6.07) is 13.7. The highest BCUT2D eigenvalue weighted by atomic mass is 16.5. The lowest BCUT2D eigenvalue weighted by atomic mass is 10.2. The summed E-state index contributed by atoms with van der Waals surface area (Å²) in [5.41, 5.74) is 3.81. The van der Waals surface area contributed by atoms with Crippen molar-refractivity contribution in [2.75, 3.05) is 13.2 Å². The Balaban J connectivity index is 1.41. The number of aromatic nitrogens is 1. The average Bonchev–Trinajstić information content (AvgIpc) is 3.00. The Labute approximate surface area is 147 Å². The molecule has 0 aliphatic carbocycles. The summed E-state index contributed by atoms with van der Waals surface area (Å²) in [6.45, 7) is 4.93. The van der Waals surface area contributed by atoms with Crippen molar-refractivity contribution in [1.29, 1.82) is 0 Å². The number of nitrogens with one attached hydrogen (secondary N) is 1. The minimum atomic E-state index is -0.0354. The van der Waals surface area contributed by atoms with E-state index < -0.39 is 0 Å². The summed E-state index contributed by atoms with van der Waals surface area (Å²) in [4.78, 5) is 16.3. The number of ether oxygens (including phenoxy) is 1. The Morgan fingerprint density at radius 3 is 2.88 bits per heavy atom. The lowest BCUT2D eigenvalue weighted by molar-refractivity contribution is -0.121. The Morgan fingerprint density at radius 1 is 1.20 bits per heavy atom. The second-order valence-corrected chi connectivity index (χ2v) is 6.04. The van der Waals surface area contributed by atoms with E-state index in [1.54, 1.807) is 0 Å². The first-order valence-corrected chi connectivity index (χ1v) is 8.43. The van der Waals surface area contributed by atoms with Crippen molar-refractivity contribution in [1.82, 2.24) is 10.3 Å². The molecule has 0 saturated carbocycles. The molecule has 0 unspecified atom stereocenters. The van der Waals surface area contributed by atoms with Gasteiger partial charge in [0.15, 0.2) is 11.5 Å². The minimum Gasteiger partial charge on any atom is -0.491 e. The largest absolute Gasteiger partial charge is 0.491 e. The molecule has 1 amide bonds. The first-order valence-electron chi connectivity index (χ1n) is 8.43. The SMILES string of the molecule is Cc1ccc2oc(CCC(=O)NCCOc3ccccc3C)nc2c1. The maximum absolute atomic E-state index is 11.9. The number of carbonyl (C=O) groups excluding carboxylic acids is 1. The van der Waals surface area contributed by atoms with E-state index in [1.165, 1.54) is 0 Å². The predicted octanol–water partition coefficient (Wildman–Crippen LogP) is 3.57. The highest BCUT2D eigenvalue weighted by Gasteiger charge is 2.08. The fourth-order valence-corrected chi connectivity index (χ4v) is 2.57. The minimum absolute atomic E-state index is 0.0354. The molecule has 1 N–H and O–H groups in total. The molecular formula is C20H22N2O3. The van der Waals surface area contributed by atoms with Gasteiger partial charge in [-0.1, -0.05) is 24.3 Å². The summed E-state index contributed by atoms with van der Waals surface area (Å²) in [7, 11) is 0. The third kappa shape index (κ3) is 4.59. The van der Waals surface area contributed by atoms with Crippen LogP contribution in [-0.4, -0.2) is 24.0 Å². The number of hydrogen-bond acceptors (Lipinski definition) is 4. The van der Waals surface area contributed by atoms with Gasteiger partial charge in [0.2, 0.25) is 5.91 Å². The summed E-state index contributed by atoms with van der Waals surface area (Å²) >= 11 is 0. The number of benzene rings is 2. The molecule has 130 valence electrons. The average molecular weight is 338 g/mol. The molecular weight excluding hydrogens is 316 g/mol. The maximum Gasteiger partial charge on any atom is 0.220 e.